The standard InChI is InChI=1S/C5H11N3O2/c6-8-5(9)4-3-7-1-2-10-4/h4,7H,1-3,6H2,(H,8,9). The zero-order valence-electron chi connectivity index (χ0n) is 5.59. The third-order valence-corrected chi connectivity index (χ3v) is 1.36. The quantitative estimate of drug-likeness (QED) is 0.226. The Morgan fingerprint density at radius 2 is 2.60 bits per heavy atom. The van der Waals surface area contributed by atoms with Crippen LogP contribution in [0.5, 0.6) is 0 Å². The lowest BCUT2D eigenvalue weighted by molar-refractivity contribution is -0.134. The van der Waals surface area contributed by atoms with E-state index < -0.39 is 6.10 Å². The average molecular weight is 145 g/mol. The van der Waals surface area contributed by atoms with Gasteiger partial charge in [0.1, 0.15) is 6.10 Å². The summed E-state index contributed by atoms with van der Waals surface area (Å²) in [4.78, 5) is 10.8. The third-order valence-electron chi connectivity index (χ3n) is 1.36. The molecule has 1 heterocycles. The van der Waals surface area contributed by atoms with Crippen LogP contribution in [-0.4, -0.2) is 31.7 Å². The number of hydrazine groups is 1. The van der Waals surface area contributed by atoms with Gasteiger partial charge in [-0.1, -0.05) is 0 Å². The molecule has 1 aliphatic heterocycles. The van der Waals surface area contributed by atoms with E-state index in [1.54, 1.807) is 0 Å². The largest absolute Gasteiger partial charge is 0.366 e. The van der Waals surface area contributed by atoms with Crippen molar-refractivity contribution in [1.29, 1.82) is 0 Å². The maximum Gasteiger partial charge on any atom is 0.264 e. The molecule has 1 aliphatic rings. The summed E-state index contributed by atoms with van der Waals surface area (Å²) in [5, 5.41) is 3.01. The van der Waals surface area contributed by atoms with Crippen LogP contribution < -0.4 is 16.6 Å². The highest BCUT2D eigenvalue weighted by molar-refractivity contribution is 5.80. The minimum absolute atomic E-state index is 0.271. The summed E-state index contributed by atoms with van der Waals surface area (Å²) in [6.45, 7) is 1.91. The SMILES string of the molecule is NNC(=O)C1CNCCO1. The highest BCUT2D eigenvalue weighted by Gasteiger charge is 2.19. The highest BCUT2D eigenvalue weighted by atomic mass is 16.5. The van der Waals surface area contributed by atoms with E-state index in [1.807, 2.05) is 5.43 Å². The number of amides is 1. The Hall–Kier alpha value is -0.650. The molecule has 0 aromatic rings. The number of hydrogen-bond donors (Lipinski definition) is 3. The summed E-state index contributed by atoms with van der Waals surface area (Å²) < 4.78 is 5.08. The van der Waals surface area contributed by atoms with Crippen LogP contribution >= 0.6 is 0 Å². The van der Waals surface area contributed by atoms with Gasteiger partial charge in [-0.25, -0.2) is 5.84 Å². The second-order valence-corrected chi connectivity index (χ2v) is 2.07. The molecule has 0 saturated carbocycles. The fourth-order valence-electron chi connectivity index (χ4n) is 0.827. The molecule has 1 unspecified atom stereocenters. The second-order valence-electron chi connectivity index (χ2n) is 2.07. The van der Waals surface area contributed by atoms with Gasteiger partial charge < -0.3 is 10.1 Å². The van der Waals surface area contributed by atoms with Gasteiger partial charge in [-0.05, 0) is 0 Å². The van der Waals surface area contributed by atoms with Crippen LogP contribution in [-0.2, 0) is 9.53 Å². The fraction of sp³-hybridized carbons (Fsp3) is 0.800. The van der Waals surface area contributed by atoms with Gasteiger partial charge >= 0.3 is 0 Å². The van der Waals surface area contributed by atoms with Gasteiger partial charge in [0.2, 0.25) is 0 Å². The van der Waals surface area contributed by atoms with E-state index in [9.17, 15) is 4.79 Å². The topological polar surface area (TPSA) is 76.4 Å². The van der Waals surface area contributed by atoms with Crippen molar-refractivity contribution < 1.29 is 9.53 Å². The molecule has 5 heteroatoms. The van der Waals surface area contributed by atoms with Crippen molar-refractivity contribution >= 4 is 5.91 Å². The van der Waals surface area contributed by atoms with E-state index in [0.29, 0.717) is 13.2 Å². The Morgan fingerprint density at radius 1 is 1.80 bits per heavy atom. The Kier molecular flexibility index (Phi) is 2.61. The molecular weight excluding hydrogens is 134 g/mol. The maximum absolute atomic E-state index is 10.8. The zero-order chi connectivity index (χ0) is 7.40. The van der Waals surface area contributed by atoms with Crippen molar-refractivity contribution in [2.24, 2.45) is 5.84 Å². The molecule has 5 nitrogen and oxygen atoms in total. The molecule has 1 amide bonds. The molecule has 0 spiro atoms. The lowest BCUT2D eigenvalue weighted by Crippen LogP contribution is -2.49. The number of carbonyl (C=O) groups is 1. The molecule has 0 aliphatic carbocycles. The first-order valence-corrected chi connectivity index (χ1v) is 3.17. The summed E-state index contributed by atoms with van der Waals surface area (Å²) >= 11 is 0. The van der Waals surface area contributed by atoms with Gasteiger partial charge in [-0.2, -0.15) is 0 Å². The smallest absolute Gasteiger partial charge is 0.264 e. The van der Waals surface area contributed by atoms with E-state index >= 15 is 0 Å². The summed E-state index contributed by atoms with van der Waals surface area (Å²) in [5.74, 6) is 4.62. The molecule has 1 rings (SSSR count). The van der Waals surface area contributed by atoms with Crippen LogP contribution in [0.25, 0.3) is 0 Å². The first kappa shape index (κ1) is 7.46. The lowest BCUT2D eigenvalue weighted by atomic mass is 10.3. The van der Waals surface area contributed by atoms with Gasteiger partial charge in [0, 0.05) is 13.1 Å². The van der Waals surface area contributed by atoms with Crippen LogP contribution in [0, 0.1) is 0 Å². The van der Waals surface area contributed by atoms with E-state index in [0.717, 1.165) is 6.54 Å². The predicted molar refractivity (Wildman–Crippen MR) is 34.9 cm³/mol. The molecule has 0 bridgehead atoms. The normalized spacial score (nSPS) is 25.9. The van der Waals surface area contributed by atoms with Crippen molar-refractivity contribution in [3.05, 3.63) is 0 Å². The number of nitrogens with two attached hydrogens (primary N) is 1. The fourth-order valence-corrected chi connectivity index (χ4v) is 0.827. The van der Waals surface area contributed by atoms with Gasteiger partial charge in [-0.15, -0.1) is 0 Å². The van der Waals surface area contributed by atoms with E-state index in [2.05, 4.69) is 5.32 Å². The minimum Gasteiger partial charge on any atom is -0.366 e. The van der Waals surface area contributed by atoms with Crippen LogP contribution in [0.1, 0.15) is 0 Å². The zero-order valence-corrected chi connectivity index (χ0v) is 5.59. The summed E-state index contributed by atoms with van der Waals surface area (Å²) in [6.07, 6.45) is -0.418. The minimum atomic E-state index is -0.418. The van der Waals surface area contributed by atoms with Crippen LogP contribution in [0.15, 0.2) is 0 Å². The highest BCUT2D eigenvalue weighted by Crippen LogP contribution is 1.93. The number of morpholine rings is 1. The first-order valence-electron chi connectivity index (χ1n) is 3.17. The van der Waals surface area contributed by atoms with Crippen LogP contribution in [0.4, 0.5) is 0 Å². The van der Waals surface area contributed by atoms with Crippen molar-refractivity contribution in [1.82, 2.24) is 10.7 Å². The van der Waals surface area contributed by atoms with E-state index in [-0.39, 0.29) is 5.91 Å². The molecular formula is C5H11N3O2. The predicted octanol–water partition coefficient (Wildman–Crippen LogP) is -2.04. The first-order chi connectivity index (χ1) is 4.84. The van der Waals surface area contributed by atoms with E-state index in [4.69, 9.17) is 10.6 Å². The number of hydrogen-bond acceptors (Lipinski definition) is 4. The molecule has 1 atom stereocenters. The Balaban J connectivity index is 2.31. The lowest BCUT2D eigenvalue weighted by Gasteiger charge is -2.21. The van der Waals surface area contributed by atoms with Gasteiger partial charge in [0.05, 0.1) is 6.61 Å². The van der Waals surface area contributed by atoms with Crippen LogP contribution in [0.2, 0.25) is 0 Å². The number of ether oxygens (including phenoxy) is 1. The maximum atomic E-state index is 10.8. The number of carbonyl (C=O) groups excluding carboxylic acids is 1. The van der Waals surface area contributed by atoms with E-state index in [1.165, 1.54) is 0 Å². The molecule has 10 heavy (non-hydrogen) atoms. The van der Waals surface area contributed by atoms with Gasteiger partial charge in [0.15, 0.2) is 0 Å². The second kappa shape index (κ2) is 3.50. The molecule has 58 valence electrons. The molecule has 0 radical (unpaired) electrons. The van der Waals surface area contributed by atoms with Crippen molar-refractivity contribution in [3.8, 4) is 0 Å². The molecule has 0 aromatic carbocycles. The molecule has 1 fully saturated rings. The monoisotopic (exact) mass is 145 g/mol. The van der Waals surface area contributed by atoms with Gasteiger partial charge in [0.25, 0.3) is 5.91 Å². The Morgan fingerprint density at radius 3 is 3.10 bits per heavy atom. The average Bonchev–Trinajstić information content (AvgIpc) is 2.05. The molecule has 0 aromatic heterocycles. The van der Waals surface area contributed by atoms with Gasteiger partial charge in [-0.3, -0.25) is 10.2 Å². The van der Waals surface area contributed by atoms with Crippen molar-refractivity contribution in [3.63, 3.8) is 0 Å². The molecule has 1 saturated heterocycles. The summed E-state index contributed by atoms with van der Waals surface area (Å²) in [7, 11) is 0. The number of nitrogens with one attached hydrogen (secondary N) is 2. The Bertz CT molecular complexity index is 122. The van der Waals surface area contributed by atoms with Crippen molar-refractivity contribution in [2.75, 3.05) is 19.7 Å². The van der Waals surface area contributed by atoms with Crippen LogP contribution in [0.3, 0.4) is 0 Å². The number of rotatable bonds is 1. The molecule has 4 N–H and O–H groups in total. The third kappa shape index (κ3) is 1.66. The summed E-state index contributed by atoms with van der Waals surface area (Å²) in [5.41, 5.74) is 2.03. The Labute approximate surface area is 58.9 Å². The summed E-state index contributed by atoms with van der Waals surface area (Å²) in [6, 6.07) is 0. The van der Waals surface area contributed by atoms with Crippen molar-refractivity contribution in [2.45, 2.75) is 6.10 Å².